The van der Waals surface area contributed by atoms with Gasteiger partial charge in [-0.1, -0.05) is 6.92 Å². The van der Waals surface area contributed by atoms with E-state index in [4.69, 9.17) is 4.98 Å². The molecule has 3 nitrogen and oxygen atoms in total. The Morgan fingerprint density at radius 3 is 2.75 bits per heavy atom. The third-order valence-corrected chi connectivity index (χ3v) is 5.78. The van der Waals surface area contributed by atoms with Gasteiger partial charge in [0.15, 0.2) is 0 Å². The number of aromatic nitrogens is 1. The molecule has 0 aromatic carbocycles. The molecule has 1 aromatic rings. The first-order chi connectivity index (χ1) is 9.54. The lowest BCUT2D eigenvalue weighted by Gasteiger charge is -2.31. The standard InChI is InChI=1S/C16H27N3S/c1-5-14-12(4)20-15(17-14)16(18-11(2)3)8-9-19(10-16)13-6-7-13/h11,13,18H,5-10H2,1-4H3. The summed E-state index contributed by atoms with van der Waals surface area (Å²) in [5.41, 5.74) is 1.39. The van der Waals surface area contributed by atoms with Crippen LogP contribution >= 0.6 is 11.3 Å². The number of likely N-dealkylation sites (tertiary alicyclic amines) is 1. The highest BCUT2D eigenvalue weighted by Gasteiger charge is 2.46. The minimum atomic E-state index is 0.0968. The van der Waals surface area contributed by atoms with E-state index < -0.39 is 0 Å². The fourth-order valence-corrected chi connectivity index (χ4v) is 4.63. The summed E-state index contributed by atoms with van der Waals surface area (Å²) >= 11 is 1.91. The number of thiazole rings is 1. The molecule has 1 saturated heterocycles. The first-order valence-corrected chi connectivity index (χ1v) is 8.84. The predicted molar refractivity (Wildman–Crippen MR) is 85.4 cm³/mol. The van der Waals surface area contributed by atoms with Gasteiger partial charge >= 0.3 is 0 Å². The number of rotatable bonds is 5. The van der Waals surface area contributed by atoms with Gasteiger partial charge in [0, 0.05) is 30.1 Å². The molecule has 0 bridgehead atoms. The molecule has 1 saturated carbocycles. The lowest BCUT2D eigenvalue weighted by Crippen LogP contribution is -2.48. The summed E-state index contributed by atoms with van der Waals surface area (Å²) in [6, 6.07) is 1.36. The van der Waals surface area contributed by atoms with E-state index in [0.29, 0.717) is 6.04 Å². The Bertz CT molecular complexity index is 478. The van der Waals surface area contributed by atoms with Crippen LogP contribution in [0.15, 0.2) is 0 Å². The number of nitrogens with zero attached hydrogens (tertiary/aromatic N) is 2. The van der Waals surface area contributed by atoms with Crippen LogP contribution in [0.4, 0.5) is 0 Å². The summed E-state index contributed by atoms with van der Waals surface area (Å²) in [6.07, 6.45) is 5.05. The molecule has 20 heavy (non-hydrogen) atoms. The highest BCUT2D eigenvalue weighted by molar-refractivity contribution is 7.11. The summed E-state index contributed by atoms with van der Waals surface area (Å²) in [6.45, 7) is 11.3. The van der Waals surface area contributed by atoms with Crippen LogP contribution in [0, 0.1) is 6.92 Å². The molecule has 1 aliphatic heterocycles. The van der Waals surface area contributed by atoms with Crippen molar-refractivity contribution in [2.24, 2.45) is 0 Å². The molecule has 0 radical (unpaired) electrons. The Morgan fingerprint density at radius 1 is 1.45 bits per heavy atom. The van der Waals surface area contributed by atoms with Gasteiger partial charge in [0.25, 0.3) is 0 Å². The van der Waals surface area contributed by atoms with Crippen molar-refractivity contribution in [3.8, 4) is 0 Å². The highest BCUT2D eigenvalue weighted by atomic mass is 32.1. The molecule has 0 spiro atoms. The molecule has 112 valence electrons. The van der Waals surface area contributed by atoms with Crippen molar-refractivity contribution >= 4 is 11.3 Å². The topological polar surface area (TPSA) is 28.2 Å². The molecule has 0 amide bonds. The first-order valence-electron chi connectivity index (χ1n) is 8.02. The summed E-state index contributed by atoms with van der Waals surface area (Å²) in [7, 11) is 0. The SMILES string of the molecule is CCc1nc(C2(NC(C)C)CCN(C3CC3)C2)sc1C. The molecule has 1 aromatic heterocycles. The normalized spacial score (nSPS) is 27.6. The van der Waals surface area contributed by atoms with Gasteiger partial charge in [-0.05, 0) is 46.5 Å². The van der Waals surface area contributed by atoms with Gasteiger partial charge in [-0.3, -0.25) is 4.90 Å². The van der Waals surface area contributed by atoms with E-state index >= 15 is 0 Å². The minimum absolute atomic E-state index is 0.0968. The molecule has 1 unspecified atom stereocenters. The molecule has 1 N–H and O–H groups in total. The maximum atomic E-state index is 4.98. The Morgan fingerprint density at radius 2 is 2.20 bits per heavy atom. The van der Waals surface area contributed by atoms with Crippen molar-refractivity contribution < 1.29 is 0 Å². The van der Waals surface area contributed by atoms with Crippen LogP contribution < -0.4 is 5.32 Å². The second-order valence-electron chi connectivity index (χ2n) is 6.71. The van der Waals surface area contributed by atoms with Gasteiger partial charge in [0.2, 0.25) is 0 Å². The largest absolute Gasteiger partial charge is 0.302 e. The lowest BCUT2D eigenvalue weighted by molar-refractivity contribution is 0.262. The fourth-order valence-electron chi connectivity index (χ4n) is 3.46. The summed E-state index contributed by atoms with van der Waals surface area (Å²) in [5.74, 6) is 0. The second-order valence-corrected chi connectivity index (χ2v) is 7.91. The van der Waals surface area contributed by atoms with Crippen molar-refractivity contribution in [1.82, 2.24) is 15.2 Å². The number of hydrogen-bond acceptors (Lipinski definition) is 4. The molecule has 2 aliphatic rings. The van der Waals surface area contributed by atoms with Gasteiger partial charge in [-0.15, -0.1) is 11.3 Å². The van der Waals surface area contributed by atoms with E-state index in [-0.39, 0.29) is 5.54 Å². The summed E-state index contributed by atoms with van der Waals surface area (Å²) in [5, 5.41) is 5.18. The maximum absolute atomic E-state index is 4.98. The van der Waals surface area contributed by atoms with E-state index in [1.54, 1.807) is 0 Å². The Hall–Kier alpha value is -0.450. The number of nitrogens with one attached hydrogen (secondary N) is 1. The second kappa shape index (κ2) is 5.39. The third-order valence-electron chi connectivity index (χ3n) is 4.56. The van der Waals surface area contributed by atoms with Crippen molar-refractivity contribution in [3.05, 3.63) is 15.6 Å². The Balaban J connectivity index is 1.88. The molecule has 2 fully saturated rings. The Kier molecular flexibility index (Phi) is 3.91. The average molecular weight is 293 g/mol. The van der Waals surface area contributed by atoms with E-state index in [0.717, 1.165) is 19.0 Å². The summed E-state index contributed by atoms with van der Waals surface area (Å²) in [4.78, 5) is 9.06. The molecule has 4 heteroatoms. The molecule has 1 aliphatic carbocycles. The van der Waals surface area contributed by atoms with Crippen LogP contribution in [0.3, 0.4) is 0 Å². The van der Waals surface area contributed by atoms with Crippen molar-refractivity contribution in [3.63, 3.8) is 0 Å². The third kappa shape index (κ3) is 2.66. The van der Waals surface area contributed by atoms with Crippen molar-refractivity contribution in [1.29, 1.82) is 0 Å². The van der Waals surface area contributed by atoms with Gasteiger partial charge < -0.3 is 5.32 Å². The molecule has 3 rings (SSSR count). The molecule has 1 atom stereocenters. The predicted octanol–water partition coefficient (Wildman–Crippen LogP) is 3.08. The van der Waals surface area contributed by atoms with Gasteiger partial charge in [-0.25, -0.2) is 4.98 Å². The van der Waals surface area contributed by atoms with Crippen LogP contribution in [0.2, 0.25) is 0 Å². The zero-order valence-electron chi connectivity index (χ0n) is 13.2. The van der Waals surface area contributed by atoms with Crippen molar-refractivity contribution in [2.75, 3.05) is 13.1 Å². The quantitative estimate of drug-likeness (QED) is 0.904. The van der Waals surface area contributed by atoms with Crippen molar-refractivity contribution in [2.45, 2.75) is 71.0 Å². The molecular weight excluding hydrogens is 266 g/mol. The number of aryl methyl sites for hydroxylation is 2. The smallest absolute Gasteiger partial charge is 0.115 e. The maximum Gasteiger partial charge on any atom is 0.115 e. The van der Waals surface area contributed by atoms with E-state index in [9.17, 15) is 0 Å². The van der Waals surface area contributed by atoms with E-state index in [1.165, 1.54) is 41.4 Å². The van der Waals surface area contributed by atoms with Crippen LogP contribution in [0.1, 0.15) is 55.6 Å². The van der Waals surface area contributed by atoms with E-state index in [1.807, 2.05) is 11.3 Å². The lowest BCUT2D eigenvalue weighted by atomic mass is 9.98. The zero-order valence-corrected chi connectivity index (χ0v) is 14.0. The summed E-state index contributed by atoms with van der Waals surface area (Å²) < 4.78 is 0. The number of hydrogen-bond donors (Lipinski definition) is 1. The molecular formula is C16H27N3S. The minimum Gasteiger partial charge on any atom is -0.302 e. The van der Waals surface area contributed by atoms with E-state index in [2.05, 4.69) is 37.9 Å². The monoisotopic (exact) mass is 293 g/mol. The van der Waals surface area contributed by atoms with Gasteiger partial charge in [0.1, 0.15) is 5.01 Å². The van der Waals surface area contributed by atoms with Crippen LogP contribution in [-0.2, 0) is 12.0 Å². The average Bonchev–Trinajstić information content (AvgIpc) is 3.05. The zero-order chi connectivity index (χ0) is 14.3. The molecule has 2 heterocycles. The van der Waals surface area contributed by atoms with Gasteiger partial charge in [-0.2, -0.15) is 0 Å². The first kappa shape index (κ1) is 14.5. The fraction of sp³-hybridized carbons (Fsp3) is 0.812. The van der Waals surface area contributed by atoms with Crippen LogP contribution in [0.25, 0.3) is 0 Å². The Labute approximate surface area is 126 Å². The highest BCUT2D eigenvalue weighted by Crippen LogP contribution is 2.40. The van der Waals surface area contributed by atoms with Gasteiger partial charge in [0.05, 0.1) is 11.2 Å². The van der Waals surface area contributed by atoms with Crippen LogP contribution in [-0.4, -0.2) is 35.1 Å². The van der Waals surface area contributed by atoms with Crippen LogP contribution in [0.5, 0.6) is 0 Å².